The van der Waals surface area contributed by atoms with Gasteiger partial charge in [-0.25, -0.2) is 0 Å². The normalized spacial score (nSPS) is 13.6. The van der Waals surface area contributed by atoms with E-state index in [1.807, 2.05) is 36.5 Å². The van der Waals surface area contributed by atoms with E-state index in [1.54, 1.807) is 0 Å². The molecule has 65 heavy (non-hydrogen) atoms. The van der Waals surface area contributed by atoms with Crippen LogP contribution in [-0.2, 0) is 14.3 Å². The number of unbranched alkanes of at least 4 members (excludes halogenated alkanes) is 32. The molecule has 0 fully saturated rings. The molecule has 3 unspecified atom stereocenters. The van der Waals surface area contributed by atoms with Gasteiger partial charge in [-0.15, -0.1) is 0 Å². The van der Waals surface area contributed by atoms with Crippen LogP contribution in [0.2, 0.25) is 0 Å². The first-order chi connectivity index (χ1) is 32.0. The summed E-state index contributed by atoms with van der Waals surface area (Å²) >= 11 is 0. The third kappa shape index (κ3) is 47.8. The lowest BCUT2D eigenvalue weighted by atomic mass is 10.0. The summed E-state index contributed by atoms with van der Waals surface area (Å²) in [4.78, 5) is 26.2. The average Bonchev–Trinajstić information content (AvgIpc) is 3.30. The molecule has 0 aromatic rings. The van der Waals surface area contributed by atoms with E-state index in [9.17, 15) is 19.8 Å². The third-order valence-corrected chi connectivity index (χ3v) is 12.7. The van der Waals surface area contributed by atoms with Gasteiger partial charge in [0.2, 0.25) is 5.91 Å². The minimum atomic E-state index is -0.800. The Morgan fingerprint density at radius 2 is 0.815 bits per heavy atom. The van der Waals surface area contributed by atoms with Crippen molar-refractivity contribution in [2.75, 3.05) is 6.61 Å². The van der Waals surface area contributed by atoms with Gasteiger partial charge in [0.1, 0.15) is 6.10 Å². The molecule has 0 aromatic heterocycles. The Hall–Kier alpha value is -2.44. The predicted octanol–water partition coefficient (Wildman–Crippen LogP) is 17.2. The van der Waals surface area contributed by atoms with Crippen LogP contribution in [0.3, 0.4) is 0 Å². The maximum atomic E-state index is 13.2. The first kappa shape index (κ1) is 62.6. The number of hydrogen-bond donors (Lipinski definition) is 3. The quantitative estimate of drug-likeness (QED) is 0.0321. The van der Waals surface area contributed by atoms with Crippen molar-refractivity contribution in [1.82, 2.24) is 5.32 Å². The molecular weight excluding hydrogens is 803 g/mol. The molecule has 0 saturated carbocycles. The fourth-order valence-electron chi connectivity index (χ4n) is 8.46. The topological polar surface area (TPSA) is 95.9 Å². The summed E-state index contributed by atoms with van der Waals surface area (Å²) in [5.41, 5.74) is 0. The first-order valence-electron chi connectivity index (χ1n) is 28.1. The summed E-state index contributed by atoms with van der Waals surface area (Å²) in [5, 5.41) is 23.8. The molecule has 0 aliphatic carbocycles. The van der Waals surface area contributed by atoms with Crippen LogP contribution in [0.4, 0.5) is 0 Å². The Balaban J connectivity index is 4.62. The summed E-state index contributed by atoms with van der Waals surface area (Å²) in [5.74, 6) is -0.506. The van der Waals surface area contributed by atoms with Crippen LogP contribution in [0, 0.1) is 0 Å². The number of rotatable bonds is 50. The molecule has 1 amide bonds. The molecule has 0 aliphatic rings. The summed E-state index contributed by atoms with van der Waals surface area (Å²) in [6.07, 6.45) is 65.7. The second kappa shape index (κ2) is 52.5. The number of aliphatic hydroxyl groups excluding tert-OH is 2. The lowest BCUT2D eigenvalue weighted by molar-refractivity contribution is -0.151. The van der Waals surface area contributed by atoms with Gasteiger partial charge in [0.15, 0.2) is 0 Å². The minimum absolute atomic E-state index is 0.0507. The molecule has 6 nitrogen and oxygen atoms in total. The summed E-state index contributed by atoms with van der Waals surface area (Å²) < 4.78 is 5.94. The van der Waals surface area contributed by atoms with Crippen LogP contribution in [0.1, 0.15) is 278 Å². The van der Waals surface area contributed by atoms with Crippen molar-refractivity contribution < 1.29 is 24.5 Å². The molecular formula is C59H107NO5. The highest BCUT2D eigenvalue weighted by molar-refractivity contribution is 5.77. The SMILES string of the molecule is CCC/C=C/C=C/C=C/C=C/C=C/CCCCCC(CC(=O)NC(CO)C(O)CCCCCCCCCCCCCC)OC(=O)CCCCCCCCCCCCCCCCCCCC. The highest BCUT2D eigenvalue weighted by atomic mass is 16.5. The monoisotopic (exact) mass is 910 g/mol. The summed E-state index contributed by atoms with van der Waals surface area (Å²) in [6, 6.07) is -0.716. The lowest BCUT2D eigenvalue weighted by Crippen LogP contribution is -2.46. The standard InChI is InChI=1S/C59H107NO5/c1-4-7-10-13-16-19-22-25-27-29-30-32-34-37-40-43-46-49-52-59(64)65-55(50-47-44-41-38-35-33-31-28-26-23-20-17-14-11-8-5-2)53-58(63)60-56(54-61)57(62)51-48-45-42-39-36-24-21-18-15-12-9-6-3/h11,14,17,20,23,26,28,31,33,35,55-57,61-62H,4-10,12-13,15-16,18-19,21-22,24-25,27,29-30,32,34,36-54H2,1-3H3,(H,60,63)/b14-11+,20-17+,26-23+,31-28+,35-33+. The van der Waals surface area contributed by atoms with Crippen LogP contribution in [0.15, 0.2) is 60.8 Å². The average molecular weight is 911 g/mol. The molecule has 0 spiro atoms. The van der Waals surface area contributed by atoms with Crippen molar-refractivity contribution in [3.8, 4) is 0 Å². The van der Waals surface area contributed by atoms with E-state index in [2.05, 4.69) is 50.4 Å². The molecule has 0 rings (SSSR count). The molecule has 3 N–H and O–H groups in total. The number of esters is 1. The van der Waals surface area contributed by atoms with Crippen molar-refractivity contribution in [2.45, 2.75) is 296 Å². The molecule has 0 aromatic carbocycles. The van der Waals surface area contributed by atoms with Gasteiger partial charge in [-0.1, -0.05) is 281 Å². The molecule has 6 heteroatoms. The second-order valence-corrected chi connectivity index (χ2v) is 19.1. The Bertz CT molecular complexity index is 1160. The van der Waals surface area contributed by atoms with Gasteiger partial charge < -0.3 is 20.3 Å². The number of nitrogens with one attached hydrogen (secondary N) is 1. The largest absolute Gasteiger partial charge is 0.462 e. The van der Waals surface area contributed by atoms with E-state index in [0.29, 0.717) is 19.3 Å². The zero-order chi connectivity index (χ0) is 47.4. The first-order valence-corrected chi connectivity index (χ1v) is 28.1. The van der Waals surface area contributed by atoms with Crippen molar-refractivity contribution in [1.29, 1.82) is 0 Å². The molecule has 0 bridgehead atoms. The summed E-state index contributed by atoms with van der Waals surface area (Å²) in [6.45, 7) is 6.40. The Kier molecular flexibility index (Phi) is 50.6. The van der Waals surface area contributed by atoms with Gasteiger partial charge in [0.05, 0.1) is 25.2 Å². The highest BCUT2D eigenvalue weighted by Gasteiger charge is 2.24. The van der Waals surface area contributed by atoms with Crippen molar-refractivity contribution in [3.05, 3.63) is 60.8 Å². The number of ether oxygens (including phenoxy) is 1. The van der Waals surface area contributed by atoms with Crippen LogP contribution in [-0.4, -0.2) is 46.9 Å². The molecule has 0 saturated heterocycles. The number of aliphatic hydroxyl groups is 2. The van der Waals surface area contributed by atoms with Crippen molar-refractivity contribution >= 4 is 11.9 Å². The van der Waals surface area contributed by atoms with Crippen molar-refractivity contribution in [2.24, 2.45) is 0 Å². The minimum Gasteiger partial charge on any atom is -0.462 e. The number of carbonyl (C=O) groups excluding carboxylic acids is 2. The molecule has 0 heterocycles. The zero-order valence-electron chi connectivity index (χ0n) is 43.1. The van der Waals surface area contributed by atoms with Gasteiger partial charge in [0, 0.05) is 6.42 Å². The van der Waals surface area contributed by atoms with Crippen LogP contribution >= 0.6 is 0 Å². The molecule has 378 valence electrons. The van der Waals surface area contributed by atoms with E-state index < -0.39 is 18.2 Å². The van der Waals surface area contributed by atoms with Crippen LogP contribution < -0.4 is 5.32 Å². The molecule has 3 atom stereocenters. The van der Waals surface area contributed by atoms with Gasteiger partial charge in [-0.3, -0.25) is 9.59 Å². The van der Waals surface area contributed by atoms with Crippen LogP contribution in [0.25, 0.3) is 0 Å². The zero-order valence-corrected chi connectivity index (χ0v) is 43.1. The lowest BCUT2D eigenvalue weighted by Gasteiger charge is -2.24. The Labute approximate surface area is 403 Å². The van der Waals surface area contributed by atoms with Gasteiger partial charge >= 0.3 is 5.97 Å². The number of hydrogen-bond acceptors (Lipinski definition) is 5. The molecule has 0 radical (unpaired) electrons. The van der Waals surface area contributed by atoms with E-state index in [-0.39, 0.29) is 24.9 Å². The van der Waals surface area contributed by atoms with E-state index in [1.165, 1.54) is 161 Å². The van der Waals surface area contributed by atoms with Gasteiger partial charge in [0.25, 0.3) is 0 Å². The van der Waals surface area contributed by atoms with E-state index in [4.69, 9.17) is 4.74 Å². The van der Waals surface area contributed by atoms with Crippen LogP contribution in [0.5, 0.6) is 0 Å². The fourth-order valence-corrected chi connectivity index (χ4v) is 8.46. The Morgan fingerprint density at radius 3 is 1.25 bits per heavy atom. The third-order valence-electron chi connectivity index (χ3n) is 12.7. The number of carbonyl (C=O) groups is 2. The van der Waals surface area contributed by atoms with Gasteiger partial charge in [-0.05, 0) is 44.9 Å². The molecule has 0 aliphatic heterocycles. The van der Waals surface area contributed by atoms with Crippen molar-refractivity contribution in [3.63, 3.8) is 0 Å². The van der Waals surface area contributed by atoms with E-state index in [0.717, 1.165) is 70.6 Å². The smallest absolute Gasteiger partial charge is 0.306 e. The summed E-state index contributed by atoms with van der Waals surface area (Å²) in [7, 11) is 0. The van der Waals surface area contributed by atoms with E-state index >= 15 is 0 Å². The second-order valence-electron chi connectivity index (χ2n) is 19.1. The maximum Gasteiger partial charge on any atom is 0.306 e. The highest BCUT2D eigenvalue weighted by Crippen LogP contribution is 2.18. The number of amides is 1. The fraction of sp³-hybridized carbons (Fsp3) is 0.797. The maximum absolute atomic E-state index is 13.2. The van der Waals surface area contributed by atoms with Gasteiger partial charge in [-0.2, -0.15) is 0 Å². The predicted molar refractivity (Wildman–Crippen MR) is 282 cm³/mol. The number of allylic oxidation sites excluding steroid dienone is 10. The Morgan fingerprint density at radius 1 is 0.446 bits per heavy atom.